The molecule has 2 aromatic rings. The van der Waals surface area contributed by atoms with Gasteiger partial charge >= 0.3 is 0 Å². The number of aliphatic imine (C=N–C) groups is 1. The molecule has 2 aromatic heterocycles. The molecule has 0 amide bonds. The monoisotopic (exact) mass is 261 g/mol. The van der Waals surface area contributed by atoms with Crippen LogP contribution in [0.4, 0.5) is 0 Å². The van der Waals surface area contributed by atoms with Crippen molar-refractivity contribution < 1.29 is 0 Å². The smallest absolute Gasteiger partial charge is 0.116 e. The molecule has 0 spiro atoms. The Morgan fingerprint density at radius 1 is 0.900 bits per heavy atom. The largest absolute Gasteiger partial charge is 0.299 e. The van der Waals surface area contributed by atoms with Gasteiger partial charge < -0.3 is 0 Å². The predicted molar refractivity (Wildman–Crippen MR) is 78.6 cm³/mol. The molecule has 5 heteroatoms. The summed E-state index contributed by atoms with van der Waals surface area (Å²) >= 11 is 0. The molecule has 0 saturated carbocycles. The number of aromatic nitrogens is 2. The van der Waals surface area contributed by atoms with Gasteiger partial charge in [-0.05, 0) is 30.3 Å². The van der Waals surface area contributed by atoms with Crippen molar-refractivity contribution in [3.05, 3.63) is 60.7 Å². The van der Waals surface area contributed by atoms with Crippen molar-refractivity contribution in [3.8, 4) is 11.3 Å². The molecule has 5 nitrogen and oxygen atoms in total. The number of nitrogens with zero attached hydrogens (tertiary/aromatic N) is 3. The fourth-order valence-electron chi connectivity index (χ4n) is 1.96. The molecule has 3 rings (SSSR count). The molecule has 1 aliphatic rings. The summed E-state index contributed by atoms with van der Waals surface area (Å²) in [6, 6.07) is 9.34. The van der Waals surface area contributed by atoms with Crippen LogP contribution in [-0.4, -0.2) is 27.1 Å². The summed E-state index contributed by atoms with van der Waals surface area (Å²) in [6.45, 7) is 0. The lowest BCUT2D eigenvalue weighted by Gasteiger charge is -2.13. The fourth-order valence-corrected chi connectivity index (χ4v) is 1.96. The van der Waals surface area contributed by atoms with E-state index in [2.05, 4.69) is 15.0 Å². The molecular formula is C15H11N5. The van der Waals surface area contributed by atoms with Crippen molar-refractivity contribution in [2.24, 2.45) is 4.99 Å². The van der Waals surface area contributed by atoms with Gasteiger partial charge in [0.25, 0.3) is 0 Å². The van der Waals surface area contributed by atoms with Crippen molar-refractivity contribution in [1.82, 2.24) is 9.97 Å². The van der Waals surface area contributed by atoms with E-state index in [0.717, 1.165) is 11.3 Å². The lowest BCUT2D eigenvalue weighted by atomic mass is 9.99. The molecule has 2 N–H and O–H groups in total. The number of rotatable bonds is 2. The highest BCUT2D eigenvalue weighted by Gasteiger charge is 2.20. The summed E-state index contributed by atoms with van der Waals surface area (Å²) in [5.74, 6) is 0. The van der Waals surface area contributed by atoms with Crippen LogP contribution in [0.3, 0.4) is 0 Å². The molecule has 0 atom stereocenters. The topological polar surface area (TPSA) is 85.8 Å². The molecule has 0 bridgehead atoms. The molecule has 96 valence electrons. The van der Waals surface area contributed by atoms with Crippen LogP contribution in [0.5, 0.6) is 0 Å². The molecule has 0 aliphatic carbocycles. The number of hydrogen-bond acceptors (Lipinski definition) is 5. The minimum atomic E-state index is 0.0726. The van der Waals surface area contributed by atoms with Crippen LogP contribution in [0.25, 0.3) is 11.3 Å². The van der Waals surface area contributed by atoms with Gasteiger partial charge in [-0.2, -0.15) is 0 Å². The third-order valence-corrected chi connectivity index (χ3v) is 2.92. The van der Waals surface area contributed by atoms with Crippen LogP contribution in [-0.2, 0) is 0 Å². The lowest BCUT2D eigenvalue weighted by Crippen LogP contribution is -2.25. The van der Waals surface area contributed by atoms with Gasteiger partial charge in [0.2, 0.25) is 0 Å². The first-order valence-electron chi connectivity index (χ1n) is 6.06. The Bertz CT molecular complexity index is 744. The zero-order valence-corrected chi connectivity index (χ0v) is 10.5. The molecule has 1 aliphatic heterocycles. The Balaban J connectivity index is 2.17. The van der Waals surface area contributed by atoms with E-state index in [1.165, 1.54) is 12.3 Å². The second kappa shape index (κ2) is 4.97. The Morgan fingerprint density at radius 2 is 1.75 bits per heavy atom. The summed E-state index contributed by atoms with van der Waals surface area (Å²) in [5.41, 5.74) is 2.76. The van der Waals surface area contributed by atoms with Gasteiger partial charge in [0.05, 0.1) is 11.4 Å². The van der Waals surface area contributed by atoms with E-state index >= 15 is 0 Å². The van der Waals surface area contributed by atoms with Crippen LogP contribution >= 0.6 is 0 Å². The molecule has 0 aromatic carbocycles. The average molecular weight is 261 g/mol. The van der Waals surface area contributed by atoms with Gasteiger partial charge in [-0.15, -0.1) is 0 Å². The van der Waals surface area contributed by atoms with E-state index in [1.807, 2.05) is 30.3 Å². The van der Waals surface area contributed by atoms with Crippen molar-refractivity contribution in [2.45, 2.75) is 0 Å². The second-order valence-corrected chi connectivity index (χ2v) is 4.20. The van der Waals surface area contributed by atoms with Crippen molar-refractivity contribution in [3.63, 3.8) is 0 Å². The maximum Gasteiger partial charge on any atom is 0.116 e. The van der Waals surface area contributed by atoms with Crippen LogP contribution in [0.2, 0.25) is 0 Å². The van der Waals surface area contributed by atoms with Crippen LogP contribution in [0.1, 0.15) is 5.69 Å². The summed E-state index contributed by atoms with van der Waals surface area (Å²) < 4.78 is 0. The Hall–Kier alpha value is -2.95. The Labute approximate surface area is 115 Å². The summed E-state index contributed by atoms with van der Waals surface area (Å²) in [7, 11) is 0. The lowest BCUT2D eigenvalue weighted by molar-refractivity contribution is 1.25. The summed E-state index contributed by atoms with van der Waals surface area (Å²) in [5, 5.41) is 15.7. The maximum atomic E-state index is 7.98. The van der Waals surface area contributed by atoms with Crippen LogP contribution in [0, 0.1) is 10.8 Å². The number of nitrogens with one attached hydrogen (secondary N) is 2. The Morgan fingerprint density at radius 3 is 2.55 bits per heavy atom. The van der Waals surface area contributed by atoms with E-state index < -0.39 is 0 Å². The van der Waals surface area contributed by atoms with Gasteiger partial charge in [-0.25, -0.2) is 0 Å². The first-order valence-corrected chi connectivity index (χ1v) is 6.06. The minimum absolute atomic E-state index is 0.0726. The average Bonchev–Trinajstić information content (AvgIpc) is 2.51. The van der Waals surface area contributed by atoms with E-state index in [-0.39, 0.29) is 11.4 Å². The second-order valence-electron chi connectivity index (χ2n) is 4.20. The van der Waals surface area contributed by atoms with Crippen LogP contribution < -0.4 is 0 Å². The normalized spacial score (nSPS) is 14.3. The minimum Gasteiger partial charge on any atom is -0.299 e. The number of pyridine rings is 2. The third-order valence-electron chi connectivity index (χ3n) is 2.92. The third kappa shape index (κ3) is 2.05. The standard InChI is InChI=1S/C15H11N5/c16-11-6-9-20-15(13(11)17)14-10(4-3-8-19-14)12-5-1-2-7-18-12/h1-9,16-17H. The highest BCUT2D eigenvalue weighted by Crippen LogP contribution is 2.21. The molecule has 0 unspecified atom stereocenters. The molecule has 0 saturated heterocycles. The zero-order valence-electron chi connectivity index (χ0n) is 10.5. The highest BCUT2D eigenvalue weighted by molar-refractivity contribution is 6.72. The van der Waals surface area contributed by atoms with E-state index in [9.17, 15) is 0 Å². The zero-order chi connectivity index (χ0) is 13.9. The SMILES string of the molecule is N=C1C=CN=C(c2ncccc2-c2ccccn2)C1=N. The first-order chi connectivity index (χ1) is 9.77. The summed E-state index contributed by atoms with van der Waals surface area (Å²) in [4.78, 5) is 12.8. The van der Waals surface area contributed by atoms with E-state index in [4.69, 9.17) is 10.8 Å². The van der Waals surface area contributed by atoms with Gasteiger partial charge in [0.1, 0.15) is 17.1 Å². The quantitative estimate of drug-likeness (QED) is 0.870. The predicted octanol–water partition coefficient (Wildman–Crippen LogP) is 2.50. The maximum absolute atomic E-state index is 7.98. The van der Waals surface area contributed by atoms with Crippen molar-refractivity contribution >= 4 is 17.1 Å². The van der Waals surface area contributed by atoms with E-state index in [0.29, 0.717) is 11.4 Å². The van der Waals surface area contributed by atoms with Gasteiger partial charge in [0, 0.05) is 24.2 Å². The molecule has 0 fully saturated rings. The fraction of sp³-hybridized carbons (Fsp3) is 0. The van der Waals surface area contributed by atoms with Gasteiger partial charge in [0.15, 0.2) is 0 Å². The molecular weight excluding hydrogens is 250 g/mol. The highest BCUT2D eigenvalue weighted by atomic mass is 14.8. The van der Waals surface area contributed by atoms with Crippen molar-refractivity contribution in [1.29, 1.82) is 10.8 Å². The first kappa shape index (κ1) is 12.1. The van der Waals surface area contributed by atoms with Crippen molar-refractivity contribution in [2.75, 3.05) is 0 Å². The van der Waals surface area contributed by atoms with Gasteiger partial charge in [-0.1, -0.05) is 6.07 Å². The molecule has 3 heterocycles. The molecule has 0 radical (unpaired) electrons. The number of allylic oxidation sites excluding steroid dienone is 1. The van der Waals surface area contributed by atoms with E-state index in [1.54, 1.807) is 12.4 Å². The number of hydrogen-bond donors (Lipinski definition) is 2. The Kier molecular flexibility index (Phi) is 3.01. The molecule has 20 heavy (non-hydrogen) atoms. The van der Waals surface area contributed by atoms with Gasteiger partial charge in [-0.3, -0.25) is 25.8 Å². The summed E-state index contributed by atoms with van der Waals surface area (Å²) in [6.07, 6.45) is 6.38. The van der Waals surface area contributed by atoms with Crippen LogP contribution in [0.15, 0.2) is 60.0 Å².